The first kappa shape index (κ1) is 24.2. The lowest BCUT2D eigenvalue weighted by Crippen LogP contribution is -2.51. The monoisotopic (exact) mass is 557 g/mol. The third kappa shape index (κ3) is 3.86. The number of hydrogen-bond acceptors (Lipinski definition) is 9. The number of nitrogens with zero attached hydrogens (tertiary/aromatic N) is 4. The molecule has 3 fully saturated rings. The molecule has 0 radical (unpaired) electrons. The highest BCUT2D eigenvalue weighted by Gasteiger charge is 2.45. The first-order valence-corrected chi connectivity index (χ1v) is 14.0. The maximum atomic E-state index is 16.4. The van der Waals surface area contributed by atoms with Crippen LogP contribution in [-0.2, 0) is 0 Å². The first-order valence-electron chi connectivity index (χ1n) is 12.8. The van der Waals surface area contributed by atoms with Crippen molar-refractivity contribution in [3.05, 3.63) is 34.9 Å². The number of nitrogens with one attached hydrogen (secondary N) is 2. The van der Waals surface area contributed by atoms with Crippen molar-refractivity contribution < 1.29 is 13.5 Å². The second kappa shape index (κ2) is 9.11. The summed E-state index contributed by atoms with van der Waals surface area (Å²) < 4.78 is 37.3. The fraction of sp³-hybridized carbons (Fsp3) is 0.423. The molecule has 7 rings (SSSR count). The highest BCUT2D eigenvalue weighted by molar-refractivity contribution is 7.22. The topological polar surface area (TPSA) is 101 Å². The minimum absolute atomic E-state index is 0.00221. The van der Waals surface area contributed by atoms with Gasteiger partial charge in [0.25, 0.3) is 0 Å². The Hall–Kier alpha value is -2.86. The largest absolute Gasteiger partial charge is 0.461 e. The Morgan fingerprint density at radius 2 is 1.95 bits per heavy atom. The Bertz CT molecular complexity index is 1570. The Balaban J connectivity index is 1.35. The fourth-order valence-electron chi connectivity index (χ4n) is 6.03. The van der Waals surface area contributed by atoms with Gasteiger partial charge in [-0.1, -0.05) is 22.9 Å². The molecule has 4 aromatic rings. The SMILES string of the molecule is Nc1nc2c(-c3c(Cl)cc4c(NC5CNC5)nc(OCC56CCCN5CCC6)nc4c3F)ccc(F)c2s1. The molecule has 0 amide bonds. The molecule has 3 aliphatic rings. The van der Waals surface area contributed by atoms with E-state index in [0.717, 1.165) is 63.2 Å². The molecule has 12 heteroatoms. The molecule has 0 aliphatic carbocycles. The normalized spacial score (nSPS) is 19.2. The summed E-state index contributed by atoms with van der Waals surface area (Å²) in [5, 5.41) is 7.39. The van der Waals surface area contributed by atoms with Crippen LogP contribution in [0.1, 0.15) is 25.7 Å². The van der Waals surface area contributed by atoms with Crippen molar-refractivity contribution in [3.63, 3.8) is 0 Å². The highest BCUT2D eigenvalue weighted by Crippen LogP contribution is 2.43. The van der Waals surface area contributed by atoms with Crippen LogP contribution in [0.5, 0.6) is 6.01 Å². The zero-order valence-electron chi connectivity index (χ0n) is 20.5. The van der Waals surface area contributed by atoms with Crippen LogP contribution in [0.15, 0.2) is 18.2 Å². The van der Waals surface area contributed by atoms with E-state index in [0.29, 0.717) is 23.4 Å². The van der Waals surface area contributed by atoms with Gasteiger partial charge in [0.1, 0.15) is 23.8 Å². The molecule has 2 aromatic carbocycles. The summed E-state index contributed by atoms with van der Waals surface area (Å²) in [5.74, 6) is -0.644. The van der Waals surface area contributed by atoms with Crippen LogP contribution in [0.2, 0.25) is 5.02 Å². The van der Waals surface area contributed by atoms with Crippen LogP contribution in [-0.4, -0.2) is 64.2 Å². The summed E-state index contributed by atoms with van der Waals surface area (Å²) in [6, 6.07) is 4.66. The van der Waals surface area contributed by atoms with E-state index in [1.165, 1.54) is 12.1 Å². The van der Waals surface area contributed by atoms with Gasteiger partial charge in [-0.3, -0.25) is 4.90 Å². The molecule has 0 atom stereocenters. The molecule has 0 saturated carbocycles. The average Bonchev–Trinajstić information content (AvgIpc) is 3.56. The number of anilines is 2. The van der Waals surface area contributed by atoms with Gasteiger partial charge < -0.3 is 21.1 Å². The van der Waals surface area contributed by atoms with Crippen molar-refractivity contribution in [1.82, 2.24) is 25.2 Å². The van der Waals surface area contributed by atoms with Gasteiger partial charge in [-0.05, 0) is 57.0 Å². The molecule has 8 nitrogen and oxygen atoms in total. The van der Waals surface area contributed by atoms with E-state index in [4.69, 9.17) is 22.1 Å². The van der Waals surface area contributed by atoms with E-state index in [1.54, 1.807) is 6.07 Å². The zero-order chi connectivity index (χ0) is 26.0. The van der Waals surface area contributed by atoms with E-state index in [2.05, 4.69) is 30.5 Å². The van der Waals surface area contributed by atoms with E-state index in [-0.39, 0.29) is 49.0 Å². The lowest BCUT2D eigenvalue weighted by Gasteiger charge is -2.31. The summed E-state index contributed by atoms with van der Waals surface area (Å²) in [6.07, 6.45) is 4.44. The van der Waals surface area contributed by atoms with Gasteiger partial charge >= 0.3 is 6.01 Å². The van der Waals surface area contributed by atoms with Crippen molar-refractivity contribution in [3.8, 4) is 17.1 Å². The number of aromatic nitrogens is 3. The Morgan fingerprint density at radius 3 is 2.68 bits per heavy atom. The van der Waals surface area contributed by atoms with Gasteiger partial charge in [0.05, 0.1) is 26.8 Å². The standard InChI is InChI=1S/C26H26ClF2N7OS/c27-16-9-15-20(19(29)18(16)14-3-4-17(28)22-21(14)33-24(30)38-22)34-25(35-23(15)32-13-10-31-11-13)37-12-26-5-1-7-36(26)8-2-6-26/h3-4,9,13,31H,1-2,5-8,10-12H2,(H2,30,33)(H,32,34,35). The smallest absolute Gasteiger partial charge is 0.319 e. The first-order chi connectivity index (χ1) is 18.4. The Labute approximate surface area is 226 Å². The molecule has 3 saturated heterocycles. The number of halogens is 3. The van der Waals surface area contributed by atoms with Crippen LogP contribution in [0.3, 0.4) is 0 Å². The molecule has 0 unspecified atom stereocenters. The van der Waals surface area contributed by atoms with E-state index < -0.39 is 11.6 Å². The van der Waals surface area contributed by atoms with E-state index in [9.17, 15) is 4.39 Å². The summed E-state index contributed by atoms with van der Waals surface area (Å²) in [5.41, 5.74) is 6.64. The number of fused-ring (bicyclic) bond motifs is 3. The number of nitrogens with two attached hydrogens (primary N) is 1. The van der Waals surface area contributed by atoms with Crippen LogP contribution in [0.25, 0.3) is 32.2 Å². The molecule has 198 valence electrons. The molecule has 3 aliphatic heterocycles. The molecular formula is C26H26ClF2N7OS. The third-order valence-corrected chi connectivity index (χ3v) is 9.24. The molecule has 2 aromatic heterocycles. The lowest BCUT2D eigenvalue weighted by molar-refractivity contribution is 0.108. The second-order valence-electron chi connectivity index (χ2n) is 10.3. The summed E-state index contributed by atoms with van der Waals surface area (Å²) in [4.78, 5) is 15.9. The lowest BCUT2D eigenvalue weighted by atomic mass is 9.95. The predicted molar refractivity (Wildman–Crippen MR) is 146 cm³/mol. The molecule has 5 heterocycles. The van der Waals surface area contributed by atoms with Gasteiger partial charge in [0.15, 0.2) is 10.9 Å². The van der Waals surface area contributed by atoms with Gasteiger partial charge in [-0.25, -0.2) is 13.8 Å². The van der Waals surface area contributed by atoms with E-state index in [1.807, 2.05) is 0 Å². The van der Waals surface area contributed by atoms with Gasteiger partial charge in [-0.2, -0.15) is 9.97 Å². The minimum Gasteiger partial charge on any atom is -0.461 e. The molecular weight excluding hydrogens is 532 g/mol. The number of rotatable bonds is 6. The predicted octanol–water partition coefficient (Wildman–Crippen LogP) is 4.81. The van der Waals surface area contributed by atoms with Crippen molar-refractivity contribution in [1.29, 1.82) is 0 Å². The number of nitrogen functional groups attached to an aromatic ring is 1. The molecule has 0 spiro atoms. The second-order valence-corrected chi connectivity index (χ2v) is 11.8. The number of ether oxygens (including phenoxy) is 1. The Kier molecular flexibility index (Phi) is 5.80. The molecule has 0 bridgehead atoms. The van der Waals surface area contributed by atoms with E-state index >= 15 is 4.39 Å². The molecule has 4 N–H and O–H groups in total. The maximum absolute atomic E-state index is 16.4. The van der Waals surface area contributed by atoms with Crippen molar-refractivity contribution in [2.75, 3.05) is 43.8 Å². The third-order valence-electron chi connectivity index (χ3n) is 8.05. The number of hydrogen-bond donors (Lipinski definition) is 3. The van der Waals surface area contributed by atoms with Crippen molar-refractivity contribution in [2.24, 2.45) is 0 Å². The summed E-state index contributed by atoms with van der Waals surface area (Å²) in [7, 11) is 0. The van der Waals surface area contributed by atoms with Crippen molar-refractivity contribution >= 4 is 55.0 Å². The Morgan fingerprint density at radius 1 is 1.16 bits per heavy atom. The molecule has 38 heavy (non-hydrogen) atoms. The highest BCUT2D eigenvalue weighted by atomic mass is 35.5. The van der Waals surface area contributed by atoms with Crippen molar-refractivity contribution in [2.45, 2.75) is 37.3 Å². The van der Waals surface area contributed by atoms with Crippen LogP contribution < -0.4 is 21.1 Å². The van der Waals surface area contributed by atoms with Gasteiger partial charge in [0, 0.05) is 29.6 Å². The van der Waals surface area contributed by atoms with Gasteiger partial charge in [-0.15, -0.1) is 0 Å². The summed E-state index contributed by atoms with van der Waals surface area (Å²) >= 11 is 7.68. The van der Waals surface area contributed by atoms with Crippen LogP contribution in [0, 0.1) is 11.6 Å². The number of thiazole rings is 1. The van der Waals surface area contributed by atoms with Crippen LogP contribution >= 0.6 is 22.9 Å². The quantitative estimate of drug-likeness (QED) is 0.310. The maximum Gasteiger partial charge on any atom is 0.319 e. The van der Waals surface area contributed by atoms with Crippen LogP contribution in [0.4, 0.5) is 19.7 Å². The zero-order valence-corrected chi connectivity index (χ0v) is 22.1. The fourth-order valence-corrected chi connectivity index (χ4v) is 7.09. The summed E-state index contributed by atoms with van der Waals surface area (Å²) in [6.45, 7) is 4.15. The minimum atomic E-state index is -0.643. The number of benzene rings is 2. The average molecular weight is 558 g/mol. The van der Waals surface area contributed by atoms with Gasteiger partial charge in [0.2, 0.25) is 0 Å².